The van der Waals surface area contributed by atoms with Gasteiger partial charge in [0.2, 0.25) is 5.95 Å². The fourth-order valence-electron chi connectivity index (χ4n) is 9.11. The zero-order valence-electron chi connectivity index (χ0n) is 32.6. The first kappa shape index (κ1) is 34.0. The van der Waals surface area contributed by atoms with Gasteiger partial charge >= 0.3 is 0 Å². The number of para-hydroxylation sites is 2. The Morgan fingerprint density at radius 3 is 1.52 bits per heavy atom. The van der Waals surface area contributed by atoms with E-state index in [-0.39, 0.29) is 0 Å². The van der Waals surface area contributed by atoms with Crippen molar-refractivity contribution in [3.63, 3.8) is 0 Å². The Kier molecular flexibility index (Phi) is 7.82. The summed E-state index contributed by atoms with van der Waals surface area (Å²) in [6, 6.07) is 78.0. The van der Waals surface area contributed by atoms with Crippen molar-refractivity contribution in [2.45, 2.75) is 0 Å². The molecule has 0 aliphatic carbocycles. The predicted octanol–water partition coefficient (Wildman–Crippen LogP) is 14.5. The topological polar surface area (TPSA) is 35.6 Å². The minimum atomic E-state index is 0.642. The van der Waals surface area contributed by atoms with Gasteiger partial charge in [0.1, 0.15) is 0 Å². The summed E-state index contributed by atoms with van der Waals surface area (Å²) in [6.45, 7) is 0. The molecule has 0 saturated heterocycles. The third-order valence-electron chi connectivity index (χ3n) is 12.0. The van der Waals surface area contributed by atoms with Crippen molar-refractivity contribution in [2.24, 2.45) is 0 Å². The summed E-state index contributed by atoms with van der Waals surface area (Å²) in [5, 5.41) is 7.28. The molecule has 0 atom stereocenters. The first-order chi connectivity index (χ1) is 29.7. The lowest BCUT2D eigenvalue weighted by Crippen LogP contribution is -2.04. The maximum absolute atomic E-state index is 5.27. The van der Waals surface area contributed by atoms with Crippen LogP contribution in [0.3, 0.4) is 0 Å². The fraction of sp³-hybridized carbons (Fsp3) is 0. The molecule has 0 amide bonds. The second kappa shape index (κ2) is 13.8. The van der Waals surface area contributed by atoms with Crippen LogP contribution < -0.4 is 0 Å². The SMILES string of the molecule is c1ccc(-c2cc(-c3ccccc3)nc(-n3c4ccccc4c4ccc(-c5ccc6c(c5)c5ccccc5n6-c5ccc(-c6cccc7ccccc67)cc5)cc43)n2)cc1. The van der Waals surface area contributed by atoms with Gasteiger partial charge in [-0.25, -0.2) is 9.97 Å². The quantitative estimate of drug-likeness (QED) is 0.169. The van der Waals surface area contributed by atoms with Crippen LogP contribution in [0.1, 0.15) is 0 Å². The zero-order valence-corrected chi connectivity index (χ0v) is 32.6. The summed E-state index contributed by atoms with van der Waals surface area (Å²) in [6.07, 6.45) is 0. The summed E-state index contributed by atoms with van der Waals surface area (Å²) < 4.78 is 4.63. The Morgan fingerprint density at radius 1 is 0.283 bits per heavy atom. The molecule has 280 valence electrons. The van der Waals surface area contributed by atoms with Crippen molar-refractivity contribution in [3.8, 4) is 56.4 Å². The van der Waals surface area contributed by atoms with Gasteiger partial charge in [0.15, 0.2) is 0 Å². The molecule has 0 saturated carbocycles. The van der Waals surface area contributed by atoms with Crippen LogP contribution >= 0.6 is 0 Å². The van der Waals surface area contributed by atoms with Crippen molar-refractivity contribution in [3.05, 3.63) is 218 Å². The Morgan fingerprint density at radius 2 is 0.800 bits per heavy atom. The molecule has 9 aromatic carbocycles. The van der Waals surface area contributed by atoms with Gasteiger partial charge in [-0.1, -0.05) is 170 Å². The van der Waals surface area contributed by atoms with Gasteiger partial charge in [0, 0.05) is 38.4 Å². The van der Waals surface area contributed by atoms with Gasteiger partial charge < -0.3 is 4.57 Å². The highest BCUT2D eigenvalue weighted by Gasteiger charge is 2.19. The number of hydrogen-bond donors (Lipinski definition) is 0. The summed E-state index contributed by atoms with van der Waals surface area (Å²) >= 11 is 0. The first-order valence-corrected chi connectivity index (χ1v) is 20.4. The van der Waals surface area contributed by atoms with E-state index in [1.165, 1.54) is 49.1 Å². The second-order valence-corrected chi connectivity index (χ2v) is 15.4. The summed E-state index contributed by atoms with van der Waals surface area (Å²) in [5.41, 5.74) is 14.2. The summed E-state index contributed by atoms with van der Waals surface area (Å²) in [7, 11) is 0. The molecule has 3 aromatic heterocycles. The van der Waals surface area contributed by atoms with E-state index in [2.05, 4.69) is 215 Å². The number of benzene rings is 9. The summed E-state index contributed by atoms with van der Waals surface area (Å²) in [5.74, 6) is 0.642. The van der Waals surface area contributed by atoms with Crippen LogP contribution in [0, 0.1) is 0 Å². The Balaban J connectivity index is 1.01. The highest BCUT2D eigenvalue weighted by Crippen LogP contribution is 2.39. The Labute approximate surface area is 346 Å². The average molecular weight is 765 g/mol. The van der Waals surface area contributed by atoms with Gasteiger partial charge in [-0.05, 0) is 81.6 Å². The van der Waals surface area contributed by atoms with E-state index in [9.17, 15) is 0 Å². The molecule has 4 heteroatoms. The van der Waals surface area contributed by atoms with Crippen LogP contribution in [0.2, 0.25) is 0 Å². The van der Waals surface area contributed by atoms with E-state index in [4.69, 9.17) is 9.97 Å². The molecule has 0 N–H and O–H groups in total. The minimum absolute atomic E-state index is 0.642. The molecular formula is C56H36N4. The zero-order chi connectivity index (χ0) is 39.6. The molecular weight excluding hydrogens is 729 g/mol. The molecule has 3 heterocycles. The highest BCUT2D eigenvalue weighted by molar-refractivity contribution is 6.12. The summed E-state index contributed by atoms with van der Waals surface area (Å²) in [4.78, 5) is 10.5. The standard InChI is InChI=1S/C56H36N4/c1-3-15-39(16-4-1)50-36-51(40-17-5-2-6-18-40)58-56(57-50)60-53-25-12-9-21-46(53)48-32-28-42(35-55(48)60)41-29-33-54-49(34-41)47-22-10-11-24-52(47)59(54)43-30-26-38(27-31-43)45-23-13-19-37-14-7-8-20-44(37)45/h1-36H. The van der Waals surface area contributed by atoms with Crippen molar-refractivity contribution in [1.82, 2.24) is 19.1 Å². The van der Waals surface area contributed by atoms with Crippen LogP contribution in [0.25, 0.3) is 111 Å². The molecule has 0 bridgehead atoms. The van der Waals surface area contributed by atoms with Crippen molar-refractivity contribution in [2.75, 3.05) is 0 Å². The van der Waals surface area contributed by atoms with E-state index in [1.54, 1.807) is 0 Å². The van der Waals surface area contributed by atoms with E-state index in [0.717, 1.165) is 55.7 Å². The molecule has 60 heavy (non-hydrogen) atoms. The van der Waals surface area contributed by atoms with Crippen molar-refractivity contribution < 1.29 is 0 Å². The van der Waals surface area contributed by atoms with E-state index in [0.29, 0.717) is 5.95 Å². The largest absolute Gasteiger partial charge is 0.309 e. The lowest BCUT2D eigenvalue weighted by Gasteiger charge is -2.12. The van der Waals surface area contributed by atoms with Crippen LogP contribution in [-0.4, -0.2) is 19.1 Å². The monoisotopic (exact) mass is 764 g/mol. The van der Waals surface area contributed by atoms with Gasteiger partial charge in [-0.3, -0.25) is 4.57 Å². The molecule has 12 rings (SSSR count). The first-order valence-electron chi connectivity index (χ1n) is 20.4. The van der Waals surface area contributed by atoms with Gasteiger partial charge in [-0.15, -0.1) is 0 Å². The maximum Gasteiger partial charge on any atom is 0.235 e. The molecule has 0 aliphatic heterocycles. The second-order valence-electron chi connectivity index (χ2n) is 15.4. The molecule has 0 fully saturated rings. The smallest absolute Gasteiger partial charge is 0.235 e. The molecule has 4 nitrogen and oxygen atoms in total. The Hall–Kier alpha value is -8.08. The number of hydrogen-bond acceptors (Lipinski definition) is 2. The maximum atomic E-state index is 5.27. The number of nitrogens with zero attached hydrogens (tertiary/aromatic N) is 4. The molecule has 12 aromatic rings. The van der Waals surface area contributed by atoms with E-state index in [1.807, 2.05) is 12.1 Å². The number of rotatable bonds is 6. The fourth-order valence-corrected chi connectivity index (χ4v) is 9.11. The van der Waals surface area contributed by atoms with Crippen molar-refractivity contribution in [1.29, 1.82) is 0 Å². The molecule has 0 radical (unpaired) electrons. The van der Waals surface area contributed by atoms with Gasteiger partial charge in [0.05, 0.1) is 33.5 Å². The number of aromatic nitrogens is 4. The minimum Gasteiger partial charge on any atom is -0.309 e. The van der Waals surface area contributed by atoms with Crippen LogP contribution in [0.4, 0.5) is 0 Å². The van der Waals surface area contributed by atoms with E-state index < -0.39 is 0 Å². The molecule has 0 spiro atoms. The lowest BCUT2D eigenvalue weighted by atomic mass is 9.98. The highest BCUT2D eigenvalue weighted by atomic mass is 15.2. The van der Waals surface area contributed by atoms with Crippen LogP contribution in [0.15, 0.2) is 218 Å². The third kappa shape index (κ3) is 5.53. The lowest BCUT2D eigenvalue weighted by molar-refractivity contribution is 0.996. The van der Waals surface area contributed by atoms with Gasteiger partial charge in [0.25, 0.3) is 0 Å². The van der Waals surface area contributed by atoms with Crippen molar-refractivity contribution >= 4 is 54.4 Å². The Bertz CT molecular complexity index is 3520. The van der Waals surface area contributed by atoms with Crippen LogP contribution in [-0.2, 0) is 0 Å². The normalized spacial score (nSPS) is 11.7. The van der Waals surface area contributed by atoms with E-state index >= 15 is 0 Å². The van der Waals surface area contributed by atoms with Gasteiger partial charge in [-0.2, -0.15) is 0 Å². The van der Waals surface area contributed by atoms with Crippen LogP contribution in [0.5, 0.6) is 0 Å². The average Bonchev–Trinajstić information content (AvgIpc) is 3.84. The predicted molar refractivity (Wildman–Crippen MR) is 250 cm³/mol. The molecule has 0 unspecified atom stereocenters. The third-order valence-corrected chi connectivity index (χ3v) is 12.0. The molecule has 0 aliphatic rings. The number of fused-ring (bicyclic) bond motifs is 7.